The van der Waals surface area contributed by atoms with Gasteiger partial charge in [-0.3, -0.25) is 4.79 Å². The number of hydrogen-bond acceptors (Lipinski definition) is 4. The normalized spacial score (nSPS) is 22.9. The lowest BCUT2D eigenvalue weighted by atomic mass is 10.1. The van der Waals surface area contributed by atoms with Crippen molar-refractivity contribution in [2.75, 3.05) is 6.61 Å². The van der Waals surface area contributed by atoms with Crippen LogP contribution in [0.15, 0.2) is 0 Å². The van der Waals surface area contributed by atoms with Gasteiger partial charge in [-0.1, -0.05) is 13.8 Å². The SMILES string of the molecule is CC(C)[C@H](N)C(=O)O.OC1CCCCO1. The van der Waals surface area contributed by atoms with E-state index >= 15 is 0 Å². The Morgan fingerprint density at radius 1 is 1.47 bits per heavy atom. The van der Waals surface area contributed by atoms with E-state index in [1.807, 2.05) is 0 Å². The lowest BCUT2D eigenvalue weighted by molar-refractivity contribution is -0.139. The summed E-state index contributed by atoms with van der Waals surface area (Å²) in [5.74, 6) is -0.910. The number of ether oxygens (including phenoxy) is 1. The average Bonchev–Trinajstić information content (AvgIpc) is 2.18. The molecule has 0 radical (unpaired) electrons. The van der Waals surface area contributed by atoms with Crippen LogP contribution in [0.4, 0.5) is 0 Å². The lowest BCUT2D eigenvalue weighted by Gasteiger charge is -2.16. The highest BCUT2D eigenvalue weighted by molar-refractivity contribution is 5.73. The van der Waals surface area contributed by atoms with Crippen LogP contribution in [0.3, 0.4) is 0 Å². The summed E-state index contributed by atoms with van der Waals surface area (Å²) in [6, 6.07) is -0.713. The molecular weight excluding hydrogens is 198 g/mol. The molecule has 0 aromatic heterocycles. The lowest BCUT2D eigenvalue weighted by Crippen LogP contribution is -2.34. The second-order valence-electron chi connectivity index (χ2n) is 3.93. The summed E-state index contributed by atoms with van der Waals surface area (Å²) >= 11 is 0. The maximum atomic E-state index is 10.0. The first kappa shape index (κ1) is 14.3. The molecule has 1 rings (SSSR count). The van der Waals surface area contributed by atoms with Crippen LogP contribution in [0.2, 0.25) is 0 Å². The van der Waals surface area contributed by atoms with Crippen LogP contribution in [0.25, 0.3) is 0 Å². The summed E-state index contributed by atoms with van der Waals surface area (Å²) in [6.07, 6.45) is 2.58. The van der Waals surface area contributed by atoms with Crippen molar-refractivity contribution in [1.82, 2.24) is 0 Å². The summed E-state index contributed by atoms with van der Waals surface area (Å²) in [4.78, 5) is 10.0. The Bertz CT molecular complexity index is 178. The summed E-state index contributed by atoms with van der Waals surface area (Å²) < 4.78 is 4.83. The quantitative estimate of drug-likeness (QED) is 0.631. The largest absolute Gasteiger partial charge is 0.480 e. The third-order valence-electron chi connectivity index (χ3n) is 2.16. The Labute approximate surface area is 90.2 Å². The molecule has 1 aliphatic rings. The molecule has 1 aliphatic heterocycles. The number of rotatable bonds is 2. The maximum absolute atomic E-state index is 10.0. The number of carbonyl (C=O) groups is 1. The molecule has 15 heavy (non-hydrogen) atoms. The van der Waals surface area contributed by atoms with Gasteiger partial charge in [0, 0.05) is 6.61 Å². The van der Waals surface area contributed by atoms with Crippen molar-refractivity contribution >= 4 is 5.97 Å². The minimum Gasteiger partial charge on any atom is -0.480 e. The van der Waals surface area contributed by atoms with Crippen LogP contribution in [-0.2, 0) is 9.53 Å². The Hall–Kier alpha value is -0.650. The van der Waals surface area contributed by atoms with Crippen LogP contribution >= 0.6 is 0 Å². The van der Waals surface area contributed by atoms with E-state index in [0.717, 1.165) is 25.9 Å². The fraction of sp³-hybridized carbons (Fsp3) is 0.900. The van der Waals surface area contributed by atoms with E-state index < -0.39 is 18.3 Å². The zero-order valence-electron chi connectivity index (χ0n) is 9.35. The predicted octanol–water partition coefficient (Wildman–Crippen LogP) is 0.560. The van der Waals surface area contributed by atoms with Gasteiger partial charge in [-0.25, -0.2) is 0 Å². The zero-order chi connectivity index (χ0) is 11.8. The summed E-state index contributed by atoms with van der Waals surface area (Å²) in [5, 5.41) is 16.9. The van der Waals surface area contributed by atoms with E-state index in [4.69, 9.17) is 20.7 Å². The smallest absolute Gasteiger partial charge is 0.320 e. The minimum absolute atomic E-state index is 0.0208. The van der Waals surface area contributed by atoms with Gasteiger partial charge in [-0.2, -0.15) is 0 Å². The third kappa shape index (κ3) is 7.30. The van der Waals surface area contributed by atoms with Crippen LogP contribution in [-0.4, -0.2) is 35.1 Å². The van der Waals surface area contributed by atoms with Crippen molar-refractivity contribution in [3.05, 3.63) is 0 Å². The molecule has 1 heterocycles. The van der Waals surface area contributed by atoms with Crippen LogP contribution in [0.5, 0.6) is 0 Å². The van der Waals surface area contributed by atoms with Crippen molar-refractivity contribution in [1.29, 1.82) is 0 Å². The van der Waals surface area contributed by atoms with E-state index in [0.29, 0.717) is 0 Å². The Kier molecular flexibility index (Phi) is 7.29. The average molecular weight is 219 g/mol. The minimum atomic E-state index is -0.931. The molecule has 5 heteroatoms. The van der Waals surface area contributed by atoms with Crippen molar-refractivity contribution in [3.63, 3.8) is 0 Å². The van der Waals surface area contributed by atoms with E-state index in [2.05, 4.69) is 0 Å². The molecule has 90 valence electrons. The van der Waals surface area contributed by atoms with Gasteiger partial charge in [0.2, 0.25) is 0 Å². The number of hydrogen-bond donors (Lipinski definition) is 3. The third-order valence-corrected chi connectivity index (χ3v) is 2.16. The van der Waals surface area contributed by atoms with Gasteiger partial charge in [0.1, 0.15) is 6.04 Å². The molecule has 0 bridgehead atoms. The maximum Gasteiger partial charge on any atom is 0.320 e. The first-order valence-electron chi connectivity index (χ1n) is 5.23. The number of aliphatic carboxylic acids is 1. The number of aliphatic hydroxyl groups is 1. The molecule has 4 N–H and O–H groups in total. The summed E-state index contributed by atoms with van der Waals surface area (Å²) in [5.41, 5.74) is 5.16. The topological polar surface area (TPSA) is 92.8 Å². The van der Waals surface area contributed by atoms with Crippen LogP contribution < -0.4 is 5.73 Å². The van der Waals surface area contributed by atoms with Gasteiger partial charge in [-0.15, -0.1) is 0 Å². The zero-order valence-corrected chi connectivity index (χ0v) is 9.35. The van der Waals surface area contributed by atoms with Gasteiger partial charge in [0.05, 0.1) is 0 Å². The molecule has 2 atom stereocenters. The highest BCUT2D eigenvalue weighted by Gasteiger charge is 2.14. The van der Waals surface area contributed by atoms with Gasteiger partial charge in [0.15, 0.2) is 6.29 Å². The van der Waals surface area contributed by atoms with Crippen molar-refractivity contribution in [2.45, 2.75) is 45.4 Å². The molecule has 0 saturated carbocycles. The molecule has 0 aromatic rings. The first-order chi connectivity index (χ1) is 6.95. The molecule has 0 aliphatic carbocycles. The predicted molar refractivity (Wildman–Crippen MR) is 56.3 cm³/mol. The van der Waals surface area contributed by atoms with Gasteiger partial charge >= 0.3 is 5.97 Å². The van der Waals surface area contributed by atoms with Crippen LogP contribution in [0.1, 0.15) is 33.1 Å². The van der Waals surface area contributed by atoms with Crippen molar-refractivity contribution < 1.29 is 19.7 Å². The van der Waals surface area contributed by atoms with Crippen molar-refractivity contribution in [3.8, 4) is 0 Å². The Morgan fingerprint density at radius 2 is 2.07 bits per heavy atom. The number of aliphatic hydroxyl groups excluding tert-OH is 1. The highest BCUT2D eigenvalue weighted by atomic mass is 16.6. The summed E-state index contributed by atoms with van der Waals surface area (Å²) in [7, 11) is 0. The second-order valence-corrected chi connectivity index (χ2v) is 3.93. The van der Waals surface area contributed by atoms with Crippen molar-refractivity contribution in [2.24, 2.45) is 11.7 Å². The molecule has 0 spiro atoms. The highest BCUT2D eigenvalue weighted by Crippen LogP contribution is 2.08. The Morgan fingerprint density at radius 3 is 2.20 bits per heavy atom. The fourth-order valence-electron chi connectivity index (χ4n) is 1.01. The number of carboxylic acids is 1. The van der Waals surface area contributed by atoms with Crippen LogP contribution in [0, 0.1) is 5.92 Å². The molecule has 1 saturated heterocycles. The summed E-state index contributed by atoms with van der Waals surface area (Å²) in [6.45, 7) is 4.29. The van der Waals surface area contributed by atoms with E-state index in [1.54, 1.807) is 13.8 Å². The second kappa shape index (κ2) is 7.62. The molecule has 1 unspecified atom stereocenters. The molecule has 0 amide bonds. The van der Waals surface area contributed by atoms with Gasteiger partial charge in [-0.05, 0) is 25.2 Å². The number of carboxylic acid groups (broad SMARTS) is 1. The monoisotopic (exact) mass is 219 g/mol. The van der Waals surface area contributed by atoms with Gasteiger partial charge < -0.3 is 20.7 Å². The fourth-order valence-corrected chi connectivity index (χ4v) is 1.01. The van der Waals surface area contributed by atoms with E-state index in [-0.39, 0.29) is 5.92 Å². The van der Waals surface area contributed by atoms with E-state index in [9.17, 15) is 4.79 Å². The molecular formula is C10H21NO4. The number of nitrogens with two attached hydrogens (primary N) is 1. The molecule has 1 fully saturated rings. The Balaban J connectivity index is 0.000000262. The standard InChI is InChI=1S/C5H11NO2.C5H10O2/c1-3(2)4(6)5(7)8;6-5-3-1-2-4-7-5/h3-4H,6H2,1-2H3,(H,7,8);5-6H,1-4H2/t4-;/m0./s1. The van der Waals surface area contributed by atoms with Gasteiger partial charge in [0.25, 0.3) is 0 Å². The first-order valence-corrected chi connectivity index (χ1v) is 5.23. The van der Waals surface area contributed by atoms with E-state index in [1.165, 1.54) is 0 Å². The molecule has 5 nitrogen and oxygen atoms in total. The molecule has 0 aromatic carbocycles.